The van der Waals surface area contributed by atoms with E-state index >= 15 is 0 Å². The van der Waals surface area contributed by atoms with Crippen molar-refractivity contribution in [1.82, 2.24) is 5.32 Å². The first-order valence-electron chi connectivity index (χ1n) is 8.62. The number of anilines is 1. The van der Waals surface area contributed by atoms with Crippen molar-refractivity contribution in [3.63, 3.8) is 0 Å². The van der Waals surface area contributed by atoms with Crippen LogP contribution >= 0.6 is 0 Å². The van der Waals surface area contributed by atoms with E-state index in [2.05, 4.69) is 26.9 Å². The average Bonchev–Trinajstić information content (AvgIpc) is 2.70. The number of hydrogen-bond acceptors (Lipinski definition) is 7. The summed E-state index contributed by atoms with van der Waals surface area (Å²) in [4.78, 5) is 37.6. The molecule has 1 unspecified atom stereocenters. The SMILES string of the molecule is C=Cc1ccc(NC(=O)NCCOC(=O)C(CCCCOC#N)N=C=O)cc1. The van der Waals surface area contributed by atoms with Gasteiger partial charge in [-0.1, -0.05) is 24.8 Å². The molecule has 0 aromatic heterocycles. The van der Waals surface area contributed by atoms with E-state index < -0.39 is 18.0 Å². The summed E-state index contributed by atoms with van der Waals surface area (Å²) in [5.41, 5.74) is 1.55. The number of nitriles is 1. The molecule has 0 spiro atoms. The molecule has 0 aliphatic carbocycles. The van der Waals surface area contributed by atoms with Gasteiger partial charge in [-0.15, -0.1) is 0 Å². The normalized spacial score (nSPS) is 10.5. The zero-order chi connectivity index (χ0) is 20.6. The van der Waals surface area contributed by atoms with E-state index in [1.165, 1.54) is 6.08 Å². The summed E-state index contributed by atoms with van der Waals surface area (Å²) in [5.74, 6) is -0.674. The molecule has 0 radical (unpaired) electrons. The summed E-state index contributed by atoms with van der Waals surface area (Å²) in [5, 5.41) is 13.4. The Balaban J connectivity index is 2.28. The number of rotatable bonds is 12. The van der Waals surface area contributed by atoms with Crippen LogP contribution in [0.25, 0.3) is 6.08 Å². The van der Waals surface area contributed by atoms with E-state index in [0.29, 0.717) is 18.5 Å². The van der Waals surface area contributed by atoms with Gasteiger partial charge in [0, 0.05) is 5.69 Å². The molecule has 1 aromatic rings. The Hall–Kier alpha value is -3.63. The molecular weight excluding hydrogens is 364 g/mol. The van der Waals surface area contributed by atoms with E-state index in [4.69, 9.17) is 10.00 Å². The lowest BCUT2D eigenvalue weighted by molar-refractivity contribution is -0.145. The Morgan fingerprint density at radius 1 is 1.25 bits per heavy atom. The number of benzene rings is 1. The lowest BCUT2D eigenvalue weighted by Crippen LogP contribution is -2.33. The smallest absolute Gasteiger partial charge is 0.331 e. The van der Waals surface area contributed by atoms with Crippen LogP contribution in [0.3, 0.4) is 0 Å². The first-order chi connectivity index (χ1) is 13.6. The van der Waals surface area contributed by atoms with Crippen LogP contribution in [0.15, 0.2) is 35.8 Å². The first-order valence-corrected chi connectivity index (χ1v) is 8.62. The molecule has 148 valence electrons. The number of unbranched alkanes of at least 4 members (excludes halogenated alkanes) is 1. The Bertz CT molecular complexity index is 736. The Kier molecular flexibility index (Phi) is 10.9. The summed E-state index contributed by atoms with van der Waals surface area (Å²) in [6.07, 6.45) is 5.93. The van der Waals surface area contributed by atoms with Crippen molar-refractivity contribution in [2.45, 2.75) is 25.3 Å². The van der Waals surface area contributed by atoms with E-state index in [9.17, 15) is 14.4 Å². The Labute approximate surface area is 163 Å². The van der Waals surface area contributed by atoms with Crippen LogP contribution in [0.2, 0.25) is 0 Å². The molecule has 0 heterocycles. The first kappa shape index (κ1) is 22.4. The van der Waals surface area contributed by atoms with Gasteiger partial charge in [0.2, 0.25) is 6.08 Å². The number of nitrogens with one attached hydrogen (secondary N) is 2. The van der Waals surface area contributed by atoms with Crippen molar-refractivity contribution >= 4 is 29.8 Å². The fourth-order valence-corrected chi connectivity index (χ4v) is 2.15. The fourth-order valence-electron chi connectivity index (χ4n) is 2.15. The summed E-state index contributed by atoms with van der Waals surface area (Å²) in [7, 11) is 0. The van der Waals surface area contributed by atoms with E-state index in [-0.39, 0.29) is 26.2 Å². The molecule has 0 aliphatic rings. The van der Waals surface area contributed by atoms with Crippen LogP contribution < -0.4 is 10.6 Å². The maximum Gasteiger partial charge on any atom is 0.331 e. The molecule has 9 nitrogen and oxygen atoms in total. The number of urea groups is 1. The second-order valence-electron chi connectivity index (χ2n) is 5.55. The van der Waals surface area contributed by atoms with Gasteiger partial charge < -0.3 is 20.1 Å². The summed E-state index contributed by atoms with van der Waals surface area (Å²) in [6.45, 7) is 3.91. The third-order valence-corrected chi connectivity index (χ3v) is 3.56. The van der Waals surface area contributed by atoms with Gasteiger partial charge in [-0.2, -0.15) is 10.3 Å². The molecule has 0 aliphatic heterocycles. The minimum Gasteiger partial charge on any atom is -0.462 e. The highest BCUT2D eigenvalue weighted by Crippen LogP contribution is 2.10. The van der Waals surface area contributed by atoms with Gasteiger partial charge in [-0.3, -0.25) is 0 Å². The average molecular weight is 386 g/mol. The van der Waals surface area contributed by atoms with Crippen molar-refractivity contribution in [2.75, 3.05) is 25.1 Å². The van der Waals surface area contributed by atoms with Crippen LogP contribution in [0.4, 0.5) is 10.5 Å². The van der Waals surface area contributed by atoms with Gasteiger partial charge in [-0.05, 0) is 37.0 Å². The zero-order valence-electron chi connectivity index (χ0n) is 15.3. The summed E-state index contributed by atoms with van der Waals surface area (Å²) < 4.78 is 9.54. The third-order valence-electron chi connectivity index (χ3n) is 3.56. The Morgan fingerprint density at radius 3 is 2.64 bits per heavy atom. The molecular formula is C19H22N4O5. The quantitative estimate of drug-likeness (QED) is 0.186. The molecule has 0 saturated heterocycles. The summed E-state index contributed by atoms with van der Waals surface area (Å²) >= 11 is 0. The number of carbonyl (C=O) groups excluding carboxylic acids is 3. The highest BCUT2D eigenvalue weighted by Gasteiger charge is 2.18. The molecule has 0 saturated carbocycles. The monoisotopic (exact) mass is 386 g/mol. The number of isocyanates is 1. The van der Waals surface area contributed by atoms with Gasteiger partial charge in [-0.25, -0.2) is 14.4 Å². The number of carbonyl (C=O) groups is 2. The van der Waals surface area contributed by atoms with Crippen LogP contribution in [0, 0.1) is 11.5 Å². The predicted octanol–water partition coefficient (Wildman–Crippen LogP) is 2.37. The molecule has 0 bridgehead atoms. The molecule has 9 heteroatoms. The van der Waals surface area contributed by atoms with Crippen LogP contribution in [-0.2, 0) is 19.1 Å². The van der Waals surface area contributed by atoms with E-state index in [1.807, 2.05) is 12.1 Å². The van der Waals surface area contributed by atoms with Gasteiger partial charge in [0.1, 0.15) is 13.2 Å². The van der Waals surface area contributed by atoms with Crippen LogP contribution in [-0.4, -0.2) is 43.9 Å². The second kappa shape index (κ2) is 13.6. The van der Waals surface area contributed by atoms with Gasteiger partial charge in [0.05, 0.1) is 6.54 Å². The topological polar surface area (TPSA) is 130 Å². The number of ether oxygens (including phenoxy) is 2. The standard InChI is InChI=1S/C19H22N4O5/c1-2-15-6-8-16(9-7-15)23-19(26)21-10-12-28-18(25)17(22-14-24)5-3-4-11-27-13-20/h2,6-9,17H,1,3-5,10-12H2,(H2,21,23,26). The highest BCUT2D eigenvalue weighted by atomic mass is 16.5. The molecule has 1 rings (SSSR count). The van der Waals surface area contributed by atoms with E-state index in [1.54, 1.807) is 24.5 Å². The second-order valence-corrected chi connectivity index (χ2v) is 5.55. The van der Waals surface area contributed by atoms with Crippen molar-refractivity contribution in [1.29, 1.82) is 5.26 Å². The number of hydrogen-bond donors (Lipinski definition) is 2. The van der Waals surface area contributed by atoms with Crippen molar-refractivity contribution < 1.29 is 23.9 Å². The molecule has 28 heavy (non-hydrogen) atoms. The molecule has 1 aromatic carbocycles. The lowest BCUT2D eigenvalue weighted by Gasteiger charge is -2.11. The van der Waals surface area contributed by atoms with Gasteiger partial charge >= 0.3 is 12.0 Å². The summed E-state index contributed by atoms with van der Waals surface area (Å²) in [6, 6.07) is 5.69. The largest absolute Gasteiger partial charge is 0.462 e. The maximum absolute atomic E-state index is 11.9. The molecule has 2 N–H and O–H groups in total. The minimum absolute atomic E-state index is 0.0654. The van der Waals surface area contributed by atoms with Crippen molar-refractivity contribution in [3.8, 4) is 6.26 Å². The Morgan fingerprint density at radius 2 is 2.00 bits per heavy atom. The number of esters is 1. The minimum atomic E-state index is -0.961. The lowest BCUT2D eigenvalue weighted by atomic mass is 10.1. The zero-order valence-corrected chi connectivity index (χ0v) is 15.3. The van der Waals surface area contributed by atoms with Crippen LogP contribution in [0.1, 0.15) is 24.8 Å². The van der Waals surface area contributed by atoms with Crippen molar-refractivity contribution in [2.24, 2.45) is 4.99 Å². The molecule has 0 fully saturated rings. The third kappa shape index (κ3) is 9.17. The van der Waals surface area contributed by atoms with Crippen molar-refractivity contribution in [3.05, 3.63) is 36.4 Å². The van der Waals surface area contributed by atoms with Gasteiger partial charge in [0.25, 0.3) is 6.26 Å². The van der Waals surface area contributed by atoms with E-state index in [0.717, 1.165) is 5.56 Å². The molecule has 2 amide bonds. The molecule has 1 atom stereocenters. The van der Waals surface area contributed by atoms with Crippen LogP contribution in [0.5, 0.6) is 0 Å². The fraction of sp³-hybridized carbons (Fsp3) is 0.368. The number of amides is 2. The van der Waals surface area contributed by atoms with Gasteiger partial charge in [0.15, 0.2) is 6.04 Å². The number of nitrogens with zero attached hydrogens (tertiary/aromatic N) is 2. The highest BCUT2D eigenvalue weighted by molar-refractivity contribution is 5.89. The number of aliphatic imine (C=N–C) groups is 1. The predicted molar refractivity (Wildman–Crippen MR) is 102 cm³/mol. The maximum atomic E-state index is 11.9.